The van der Waals surface area contributed by atoms with E-state index in [1.165, 1.54) is 26.8 Å². The van der Waals surface area contributed by atoms with Crippen LogP contribution < -0.4 is 35.9 Å². The highest BCUT2D eigenvalue weighted by atomic mass is 32.2. The standard InChI is InChI=1S/C30H48N7O17P3S/c1-5-6-7-8-9-10-21(39)58-14-13-32-20(38)11-12-33-28(42)25(41)29(2,3)16-51-57(48,49)54-56(46,47)50-15-19-23(53-55(43,44)45)24(40)30(4,52-19)37-18-36-22-26(31)34-17-35-27(22)37/h6-7,9-10,17-19,23-25,40-41H,5,8,11-16H2,1-4H3,(H,32,38)(H,33,42)(H,46,47)(H,48,49)(H2,31,34,35)(H2,43,44,45)/p-4. The number of carbonyl (C=O) groups excluding carboxylic acids is 3. The molecule has 7 atom stereocenters. The van der Waals surface area contributed by atoms with Crippen LogP contribution in [0.2, 0.25) is 0 Å². The number of nitrogens with one attached hydrogen (secondary N) is 2. The molecule has 1 aliphatic rings. The normalized spacial score (nSPS) is 22.9. The van der Waals surface area contributed by atoms with Crippen molar-refractivity contribution in [3.8, 4) is 0 Å². The van der Waals surface area contributed by atoms with E-state index in [9.17, 15) is 57.9 Å². The number of ether oxygens (including phenoxy) is 1. The molecular weight excluding hydrogens is 855 g/mol. The number of rotatable bonds is 23. The van der Waals surface area contributed by atoms with Gasteiger partial charge in [0.15, 0.2) is 17.2 Å². The molecule has 2 aromatic heterocycles. The first-order valence-electron chi connectivity index (χ1n) is 17.2. The van der Waals surface area contributed by atoms with Gasteiger partial charge in [-0.05, 0) is 25.8 Å². The number of carbonyl (C=O) groups is 3. The quantitative estimate of drug-likeness (QED) is 0.0356. The Morgan fingerprint density at radius 1 is 1.09 bits per heavy atom. The van der Waals surface area contributed by atoms with Gasteiger partial charge >= 0.3 is 0 Å². The van der Waals surface area contributed by atoms with Crippen molar-refractivity contribution in [1.29, 1.82) is 0 Å². The molecule has 0 aromatic carbocycles. The van der Waals surface area contributed by atoms with Gasteiger partial charge in [-0.25, -0.2) is 19.3 Å². The summed E-state index contributed by atoms with van der Waals surface area (Å²) < 4.78 is 61.1. The second kappa shape index (κ2) is 21.0. The smallest absolute Gasteiger partial charge is 0.274 e. The lowest BCUT2D eigenvalue weighted by molar-refractivity contribution is -0.347. The van der Waals surface area contributed by atoms with Crippen molar-refractivity contribution in [3.63, 3.8) is 0 Å². The number of phosphoric acid groups is 3. The Morgan fingerprint density at radius 3 is 2.45 bits per heavy atom. The van der Waals surface area contributed by atoms with Gasteiger partial charge < -0.3 is 69.0 Å². The summed E-state index contributed by atoms with van der Waals surface area (Å²) in [5, 5.41) is 26.3. The maximum Gasteiger partial charge on any atom is 0.274 e. The largest absolute Gasteiger partial charge is 0.790 e. The second-order valence-electron chi connectivity index (χ2n) is 13.2. The van der Waals surface area contributed by atoms with E-state index in [1.54, 1.807) is 6.08 Å². The summed E-state index contributed by atoms with van der Waals surface area (Å²) in [5.74, 6) is -1.26. The van der Waals surface area contributed by atoms with Crippen LogP contribution in [0.25, 0.3) is 11.2 Å². The average Bonchev–Trinajstić information content (AvgIpc) is 3.67. The number of hydrogen-bond acceptors (Lipinski definition) is 22. The summed E-state index contributed by atoms with van der Waals surface area (Å²) in [4.78, 5) is 96.4. The zero-order valence-corrected chi connectivity index (χ0v) is 35.1. The van der Waals surface area contributed by atoms with E-state index in [2.05, 4.69) is 43.5 Å². The van der Waals surface area contributed by atoms with E-state index in [4.69, 9.17) is 10.5 Å². The minimum absolute atomic E-state index is 0.0337. The number of phosphoric ester groups is 3. The topological polar surface area (TPSA) is 375 Å². The molecule has 3 heterocycles. The second-order valence-corrected chi connectivity index (χ2v) is 18.4. The molecule has 7 unspecified atom stereocenters. The number of imidazole rings is 1. The average molecular weight is 900 g/mol. The van der Waals surface area contributed by atoms with Gasteiger partial charge in [-0.2, -0.15) is 0 Å². The third-order valence-electron chi connectivity index (χ3n) is 8.14. The molecule has 0 spiro atoms. The number of aliphatic hydroxyl groups excluding tert-OH is 2. The number of hydrogen-bond donors (Lipinski definition) is 5. The van der Waals surface area contributed by atoms with Crippen LogP contribution >= 0.6 is 35.2 Å². The number of nitrogen functional groups attached to an aromatic ring is 1. The summed E-state index contributed by atoms with van der Waals surface area (Å²) in [6.45, 7) is 3.22. The van der Waals surface area contributed by atoms with E-state index in [0.29, 0.717) is 12.2 Å². The van der Waals surface area contributed by atoms with Crippen molar-refractivity contribution >= 4 is 69.1 Å². The fourth-order valence-corrected chi connectivity index (χ4v) is 8.45. The first kappa shape index (κ1) is 49.4. The molecule has 58 heavy (non-hydrogen) atoms. The van der Waals surface area contributed by atoms with Gasteiger partial charge in [-0.15, -0.1) is 0 Å². The van der Waals surface area contributed by atoms with Gasteiger partial charge in [0.1, 0.15) is 36.3 Å². The number of allylic oxidation sites excluding steroid dienone is 3. The Morgan fingerprint density at radius 2 is 1.78 bits per heavy atom. The van der Waals surface area contributed by atoms with Crippen molar-refractivity contribution in [3.05, 3.63) is 37.0 Å². The molecule has 3 rings (SSSR count). The third kappa shape index (κ3) is 14.6. The number of fused-ring (bicyclic) bond motifs is 1. The van der Waals surface area contributed by atoms with Crippen molar-refractivity contribution in [2.24, 2.45) is 5.41 Å². The number of amides is 2. The lowest BCUT2D eigenvalue weighted by Gasteiger charge is -2.36. The van der Waals surface area contributed by atoms with Gasteiger partial charge in [0, 0.05) is 30.7 Å². The van der Waals surface area contributed by atoms with E-state index in [0.717, 1.165) is 35.4 Å². The number of nitrogens with zero attached hydrogens (tertiary/aromatic N) is 4. The van der Waals surface area contributed by atoms with E-state index in [1.807, 2.05) is 19.1 Å². The molecule has 24 nitrogen and oxygen atoms in total. The first-order chi connectivity index (χ1) is 26.9. The van der Waals surface area contributed by atoms with Crippen molar-refractivity contribution in [2.45, 2.75) is 77.1 Å². The number of aromatic nitrogens is 4. The molecule has 0 saturated carbocycles. The molecule has 1 saturated heterocycles. The molecule has 28 heteroatoms. The first-order valence-corrected chi connectivity index (χ1v) is 22.6. The molecule has 6 N–H and O–H groups in total. The van der Waals surface area contributed by atoms with Gasteiger partial charge in [0.25, 0.3) is 15.6 Å². The van der Waals surface area contributed by atoms with Crippen LogP contribution in [0.1, 0.15) is 47.0 Å². The number of nitrogens with two attached hydrogens (primary N) is 1. The zero-order chi connectivity index (χ0) is 43.5. The number of aliphatic hydroxyl groups is 2. The molecule has 0 aliphatic carbocycles. The van der Waals surface area contributed by atoms with Gasteiger partial charge in [-0.3, -0.25) is 28.1 Å². The highest BCUT2D eigenvalue weighted by Gasteiger charge is 2.55. The SMILES string of the molecule is CCC=CCC=CC(=O)SCCNC(=O)CCNC(=O)C(O)C(C)(C)COP(=O)([O-])OP(=O)([O-])OCC1OC(C)(n2cnc3c(N)ncnc32)C(O)C1OP(=O)([O-])[O-]. The minimum atomic E-state index is -5.94. The Hall–Kier alpha value is -2.96. The highest BCUT2D eigenvalue weighted by Crippen LogP contribution is 2.56. The Kier molecular flexibility index (Phi) is 17.9. The van der Waals surface area contributed by atoms with Crippen LogP contribution in [0.15, 0.2) is 37.0 Å². The molecule has 2 aromatic rings. The molecule has 1 fully saturated rings. The number of thioether (sulfide) groups is 1. The summed E-state index contributed by atoms with van der Waals surface area (Å²) in [7, 11) is -17.7. The lowest BCUT2D eigenvalue weighted by Crippen LogP contribution is -2.46. The summed E-state index contributed by atoms with van der Waals surface area (Å²) in [5.41, 5.74) is 2.02. The summed E-state index contributed by atoms with van der Waals surface area (Å²) in [6, 6.07) is 0. The molecule has 0 bridgehead atoms. The van der Waals surface area contributed by atoms with Crippen LogP contribution in [-0.2, 0) is 56.4 Å². The van der Waals surface area contributed by atoms with Crippen LogP contribution in [0, 0.1) is 5.41 Å². The molecule has 1 aliphatic heterocycles. The molecule has 0 radical (unpaired) electrons. The van der Waals surface area contributed by atoms with Crippen LogP contribution in [0.3, 0.4) is 0 Å². The summed E-state index contributed by atoms with van der Waals surface area (Å²) in [6.07, 6.45) is 2.51. The molecule has 2 amide bonds. The van der Waals surface area contributed by atoms with Crippen molar-refractivity contribution in [1.82, 2.24) is 30.2 Å². The third-order valence-corrected chi connectivity index (χ3v) is 12.0. The van der Waals surface area contributed by atoms with Crippen LogP contribution in [0.4, 0.5) is 5.82 Å². The summed E-state index contributed by atoms with van der Waals surface area (Å²) >= 11 is 1.01. The Bertz CT molecular complexity index is 1960. The predicted molar refractivity (Wildman–Crippen MR) is 196 cm³/mol. The Balaban J connectivity index is 1.49. The molecular formula is C30H44N7O17P3S-4. The predicted octanol–water partition coefficient (Wildman–Crippen LogP) is -1.78. The van der Waals surface area contributed by atoms with E-state index in [-0.39, 0.29) is 41.6 Å². The minimum Gasteiger partial charge on any atom is -0.790 e. The van der Waals surface area contributed by atoms with E-state index < -0.39 is 84.1 Å². The van der Waals surface area contributed by atoms with E-state index >= 15 is 0 Å². The Labute approximate surface area is 336 Å². The lowest BCUT2D eigenvalue weighted by atomic mass is 9.87. The number of anilines is 1. The van der Waals surface area contributed by atoms with Gasteiger partial charge in [0.2, 0.25) is 16.9 Å². The maximum absolute atomic E-state index is 12.6. The zero-order valence-electron chi connectivity index (χ0n) is 31.6. The van der Waals surface area contributed by atoms with Gasteiger partial charge in [0.05, 0.1) is 27.4 Å². The van der Waals surface area contributed by atoms with Gasteiger partial charge in [-0.1, -0.05) is 50.8 Å². The monoisotopic (exact) mass is 899 g/mol. The van der Waals surface area contributed by atoms with Crippen molar-refractivity contribution in [2.75, 3.05) is 37.8 Å². The molecule has 326 valence electrons. The van der Waals surface area contributed by atoms with Crippen molar-refractivity contribution < 1.29 is 80.5 Å². The maximum atomic E-state index is 12.6. The highest BCUT2D eigenvalue weighted by molar-refractivity contribution is 8.14. The fourth-order valence-electron chi connectivity index (χ4n) is 5.13. The van der Waals surface area contributed by atoms with Crippen LogP contribution in [0.5, 0.6) is 0 Å². The van der Waals surface area contributed by atoms with Crippen LogP contribution in [-0.4, -0.2) is 103 Å². The fraction of sp³-hybridized carbons (Fsp3) is 0.600.